The highest BCUT2D eigenvalue weighted by Gasteiger charge is 2.16. The molecule has 0 unspecified atom stereocenters. The van der Waals surface area contributed by atoms with Crippen LogP contribution in [0.4, 0.5) is 0 Å². The Hall–Kier alpha value is -1.17. The van der Waals surface area contributed by atoms with Gasteiger partial charge in [0.05, 0.1) is 25.2 Å². The van der Waals surface area contributed by atoms with Crippen molar-refractivity contribution in [2.24, 2.45) is 5.73 Å². The van der Waals surface area contributed by atoms with Crippen molar-refractivity contribution in [2.45, 2.75) is 19.4 Å². The summed E-state index contributed by atoms with van der Waals surface area (Å²) in [5, 5.41) is 9.71. The molecule has 7 heteroatoms. The van der Waals surface area contributed by atoms with E-state index in [0.29, 0.717) is 12.2 Å². The van der Waals surface area contributed by atoms with E-state index in [4.69, 9.17) is 26.8 Å². The highest BCUT2D eigenvalue weighted by atomic mass is 35.5. The minimum absolute atomic E-state index is 0. The van der Waals surface area contributed by atoms with Gasteiger partial charge in [-0.15, -0.1) is 12.4 Å². The van der Waals surface area contributed by atoms with Gasteiger partial charge >= 0.3 is 5.97 Å². The molecule has 0 aromatic heterocycles. The smallest absolute Gasteiger partial charge is 0.307 e. The summed E-state index contributed by atoms with van der Waals surface area (Å²) < 4.78 is 9.77. The molecule has 0 aliphatic carbocycles. The normalized spacial score (nSPS) is 11.4. The third-order valence-electron chi connectivity index (χ3n) is 2.39. The average Bonchev–Trinajstić information content (AvgIpc) is 2.32. The van der Waals surface area contributed by atoms with Crippen LogP contribution in [0.5, 0.6) is 11.5 Å². The van der Waals surface area contributed by atoms with Crippen molar-refractivity contribution in [1.82, 2.24) is 0 Å². The fourth-order valence-electron chi connectivity index (χ4n) is 1.48. The number of rotatable bonds is 5. The lowest BCUT2D eigenvalue weighted by atomic mass is 10.0. The summed E-state index contributed by atoms with van der Waals surface area (Å²) in [7, 11) is 1.41. The summed E-state index contributed by atoms with van der Waals surface area (Å²) in [6, 6.07) is 2.49. The molecule has 0 saturated heterocycles. The largest absolute Gasteiger partial charge is 0.503 e. The molecule has 0 saturated carbocycles. The van der Waals surface area contributed by atoms with E-state index < -0.39 is 6.04 Å². The summed E-state index contributed by atoms with van der Waals surface area (Å²) in [5.74, 6) is -0.309. The SMILES string of the molecule is CCOC(=O)C[C@H](N)c1cc(Cl)c(O)c(OC)c1.Cl. The lowest BCUT2D eigenvalue weighted by Gasteiger charge is -2.14. The van der Waals surface area contributed by atoms with Crippen LogP contribution in [0.25, 0.3) is 0 Å². The molecule has 5 nitrogen and oxygen atoms in total. The molecule has 1 atom stereocenters. The van der Waals surface area contributed by atoms with E-state index in [-0.39, 0.29) is 41.3 Å². The van der Waals surface area contributed by atoms with Gasteiger partial charge in [0, 0.05) is 6.04 Å². The van der Waals surface area contributed by atoms with Crippen LogP contribution in [0.1, 0.15) is 24.9 Å². The summed E-state index contributed by atoms with van der Waals surface area (Å²) in [6.07, 6.45) is 0.0398. The maximum absolute atomic E-state index is 11.3. The summed E-state index contributed by atoms with van der Waals surface area (Å²) in [6.45, 7) is 2.04. The Morgan fingerprint density at radius 3 is 2.68 bits per heavy atom. The van der Waals surface area contributed by atoms with Crippen molar-refractivity contribution in [3.05, 3.63) is 22.7 Å². The zero-order valence-electron chi connectivity index (χ0n) is 10.7. The molecule has 1 aromatic rings. The van der Waals surface area contributed by atoms with Crippen LogP contribution in [0, 0.1) is 0 Å². The van der Waals surface area contributed by atoms with Crippen molar-refractivity contribution in [2.75, 3.05) is 13.7 Å². The van der Waals surface area contributed by atoms with Crippen LogP contribution in [-0.2, 0) is 9.53 Å². The minimum atomic E-state index is -0.559. The Balaban J connectivity index is 0.00000324. The quantitative estimate of drug-likeness (QED) is 0.816. The molecule has 0 aliphatic heterocycles. The molecule has 1 rings (SSSR count). The number of halogens is 2. The van der Waals surface area contributed by atoms with Crippen LogP contribution in [0.2, 0.25) is 5.02 Å². The molecule has 1 aromatic carbocycles. The number of carbonyl (C=O) groups is 1. The van der Waals surface area contributed by atoms with E-state index in [2.05, 4.69) is 0 Å². The second-order valence-corrected chi connectivity index (χ2v) is 4.08. The minimum Gasteiger partial charge on any atom is -0.503 e. The number of methoxy groups -OCH3 is 1. The van der Waals surface area contributed by atoms with E-state index >= 15 is 0 Å². The van der Waals surface area contributed by atoms with Crippen molar-refractivity contribution in [3.8, 4) is 11.5 Å². The summed E-state index contributed by atoms with van der Waals surface area (Å²) in [5.41, 5.74) is 6.47. The first-order valence-electron chi connectivity index (χ1n) is 5.47. The molecule has 19 heavy (non-hydrogen) atoms. The van der Waals surface area contributed by atoms with Gasteiger partial charge in [0.25, 0.3) is 0 Å². The first-order chi connectivity index (χ1) is 8.49. The van der Waals surface area contributed by atoms with Gasteiger partial charge < -0.3 is 20.3 Å². The van der Waals surface area contributed by atoms with E-state index in [9.17, 15) is 9.90 Å². The summed E-state index contributed by atoms with van der Waals surface area (Å²) >= 11 is 5.84. The standard InChI is InChI=1S/C12H16ClNO4.ClH/c1-3-18-11(15)6-9(14)7-4-8(13)12(16)10(5-7)17-2;/h4-5,9,16H,3,6,14H2,1-2H3;1H/t9-;/m0./s1. The van der Waals surface area contributed by atoms with Crippen LogP contribution < -0.4 is 10.5 Å². The third-order valence-corrected chi connectivity index (χ3v) is 2.68. The van der Waals surface area contributed by atoms with E-state index in [1.807, 2.05) is 0 Å². The fourth-order valence-corrected chi connectivity index (χ4v) is 1.70. The first-order valence-corrected chi connectivity index (χ1v) is 5.85. The molecule has 0 fully saturated rings. The van der Waals surface area contributed by atoms with Gasteiger partial charge in [-0.25, -0.2) is 0 Å². The number of benzene rings is 1. The number of carbonyl (C=O) groups excluding carboxylic acids is 1. The Bertz CT molecular complexity index is 440. The molecule has 0 aliphatic rings. The van der Waals surface area contributed by atoms with Gasteiger partial charge in [0.1, 0.15) is 0 Å². The number of aromatic hydroxyl groups is 1. The zero-order chi connectivity index (χ0) is 13.7. The van der Waals surface area contributed by atoms with Crippen molar-refractivity contribution < 1.29 is 19.4 Å². The van der Waals surface area contributed by atoms with Gasteiger partial charge in [-0.3, -0.25) is 4.79 Å². The van der Waals surface area contributed by atoms with Gasteiger partial charge in [-0.2, -0.15) is 0 Å². The van der Waals surface area contributed by atoms with Crippen LogP contribution in [-0.4, -0.2) is 24.8 Å². The van der Waals surface area contributed by atoms with Crippen molar-refractivity contribution in [1.29, 1.82) is 0 Å². The first kappa shape index (κ1) is 17.8. The van der Waals surface area contributed by atoms with Crippen LogP contribution >= 0.6 is 24.0 Å². The zero-order valence-corrected chi connectivity index (χ0v) is 12.3. The molecule has 108 valence electrons. The lowest BCUT2D eigenvalue weighted by Crippen LogP contribution is -2.17. The molecule has 0 amide bonds. The predicted molar refractivity (Wildman–Crippen MR) is 75.1 cm³/mol. The second kappa shape index (κ2) is 8.09. The maximum Gasteiger partial charge on any atom is 0.307 e. The van der Waals surface area contributed by atoms with Crippen molar-refractivity contribution in [3.63, 3.8) is 0 Å². The molecule has 0 heterocycles. The molecular weight excluding hydrogens is 293 g/mol. The molecular formula is C12H17Cl2NO4. The average molecular weight is 310 g/mol. The molecule has 3 N–H and O–H groups in total. The summed E-state index contributed by atoms with van der Waals surface area (Å²) in [4.78, 5) is 11.3. The monoisotopic (exact) mass is 309 g/mol. The number of phenolic OH excluding ortho intramolecular Hbond substituents is 1. The Morgan fingerprint density at radius 1 is 1.53 bits per heavy atom. The second-order valence-electron chi connectivity index (χ2n) is 3.67. The highest BCUT2D eigenvalue weighted by molar-refractivity contribution is 6.32. The van der Waals surface area contributed by atoms with Crippen molar-refractivity contribution >= 4 is 30.0 Å². The fraction of sp³-hybridized carbons (Fsp3) is 0.417. The number of nitrogens with two attached hydrogens (primary N) is 1. The number of phenols is 1. The number of ether oxygens (including phenoxy) is 2. The van der Waals surface area contributed by atoms with E-state index in [0.717, 1.165) is 0 Å². The van der Waals surface area contributed by atoms with Gasteiger partial charge in [-0.1, -0.05) is 11.6 Å². The van der Waals surface area contributed by atoms with Gasteiger partial charge in [-0.05, 0) is 24.6 Å². The molecule has 0 radical (unpaired) electrons. The third kappa shape index (κ3) is 4.78. The Kier molecular flexibility index (Phi) is 7.59. The van der Waals surface area contributed by atoms with Crippen LogP contribution in [0.3, 0.4) is 0 Å². The molecule has 0 spiro atoms. The Labute approximate surface area is 123 Å². The maximum atomic E-state index is 11.3. The van der Waals surface area contributed by atoms with Gasteiger partial charge in [0.2, 0.25) is 0 Å². The van der Waals surface area contributed by atoms with E-state index in [1.54, 1.807) is 13.0 Å². The number of esters is 1. The Morgan fingerprint density at radius 2 is 2.16 bits per heavy atom. The lowest BCUT2D eigenvalue weighted by molar-refractivity contribution is -0.143. The van der Waals surface area contributed by atoms with Gasteiger partial charge in [0.15, 0.2) is 11.5 Å². The highest BCUT2D eigenvalue weighted by Crippen LogP contribution is 2.36. The predicted octanol–water partition coefficient (Wildman–Crippen LogP) is 2.43. The number of hydrogen-bond acceptors (Lipinski definition) is 5. The number of hydrogen-bond donors (Lipinski definition) is 2. The van der Waals surface area contributed by atoms with E-state index in [1.165, 1.54) is 13.2 Å². The van der Waals surface area contributed by atoms with Crippen LogP contribution in [0.15, 0.2) is 12.1 Å². The molecule has 0 bridgehead atoms. The topological polar surface area (TPSA) is 81.8 Å².